The van der Waals surface area contributed by atoms with Gasteiger partial charge in [-0.1, -0.05) is 0 Å². The average molecular weight is 413 g/mol. The number of rotatable bonds is 8. The molecule has 1 aliphatic heterocycles. The zero-order valence-electron chi connectivity index (χ0n) is 17.2. The van der Waals surface area contributed by atoms with Gasteiger partial charge in [0.15, 0.2) is 0 Å². The third kappa shape index (κ3) is 5.79. The number of amides is 2. The predicted molar refractivity (Wildman–Crippen MR) is 116 cm³/mol. The fourth-order valence-electron chi connectivity index (χ4n) is 3.52. The minimum absolute atomic E-state index is 0.176. The van der Waals surface area contributed by atoms with Crippen molar-refractivity contribution in [1.29, 1.82) is 0 Å². The number of anilines is 2. The maximum atomic E-state index is 13.1. The lowest BCUT2D eigenvalue weighted by atomic mass is 10.1. The molecule has 0 aromatic heterocycles. The van der Waals surface area contributed by atoms with Crippen molar-refractivity contribution in [3.05, 3.63) is 59.4 Å². The Labute approximate surface area is 176 Å². The van der Waals surface area contributed by atoms with E-state index in [-0.39, 0.29) is 11.8 Å². The molecule has 1 aliphatic rings. The van der Waals surface area contributed by atoms with Crippen molar-refractivity contribution < 1.29 is 18.7 Å². The summed E-state index contributed by atoms with van der Waals surface area (Å²) in [7, 11) is 1.63. The molecular weight excluding hydrogens is 385 g/mol. The standard InChI is InChI=1S/C23H28FN3O3/c1-30-15-5-12-25-23(29)20-16-19(10-11-21(20)27-13-3-2-4-14-27)26-22(28)17-6-8-18(24)9-7-17/h6-11,16H,2-5,12-15H2,1H3,(H,25,29)(H,26,28). The van der Waals surface area contributed by atoms with E-state index >= 15 is 0 Å². The Bertz CT molecular complexity index is 864. The summed E-state index contributed by atoms with van der Waals surface area (Å²) in [5, 5.41) is 5.73. The molecule has 1 saturated heterocycles. The molecule has 1 fully saturated rings. The Hall–Kier alpha value is -2.93. The molecule has 2 aromatic rings. The highest BCUT2D eigenvalue weighted by Crippen LogP contribution is 2.27. The summed E-state index contributed by atoms with van der Waals surface area (Å²) >= 11 is 0. The van der Waals surface area contributed by atoms with Crippen molar-refractivity contribution in [2.75, 3.05) is 43.6 Å². The number of halogens is 1. The molecule has 2 N–H and O–H groups in total. The molecule has 1 heterocycles. The van der Waals surface area contributed by atoms with Gasteiger partial charge in [0.25, 0.3) is 11.8 Å². The molecule has 30 heavy (non-hydrogen) atoms. The zero-order valence-corrected chi connectivity index (χ0v) is 17.2. The molecule has 0 atom stereocenters. The summed E-state index contributed by atoms with van der Waals surface area (Å²) < 4.78 is 18.1. The lowest BCUT2D eigenvalue weighted by Gasteiger charge is -2.30. The molecule has 0 radical (unpaired) electrons. The van der Waals surface area contributed by atoms with Gasteiger partial charge in [0.2, 0.25) is 0 Å². The molecule has 7 heteroatoms. The summed E-state index contributed by atoms with van der Waals surface area (Å²) in [6, 6.07) is 10.7. The number of carbonyl (C=O) groups is 2. The lowest BCUT2D eigenvalue weighted by Crippen LogP contribution is -2.33. The zero-order chi connectivity index (χ0) is 21.3. The van der Waals surface area contributed by atoms with E-state index in [0.29, 0.717) is 30.0 Å². The van der Waals surface area contributed by atoms with Crippen molar-refractivity contribution in [2.24, 2.45) is 0 Å². The smallest absolute Gasteiger partial charge is 0.255 e. The van der Waals surface area contributed by atoms with E-state index in [1.165, 1.54) is 30.7 Å². The van der Waals surface area contributed by atoms with Gasteiger partial charge in [-0.25, -0.2) is 4.39 Å². The van der Waals surface area contributed by atoms with Gasteiger partial charge in [-0.2, -0.15) is 0 Å². The Morgan fingerprint density at radius 1 is 1.03 bits per heavy atom. The largest absolute Gasteiger partial charge is 0.385 e. The molecule has 0 bridgehead atoms. The molecule has 160 valence electrons. The van der Waals surface area contributed by atoms with E-state index in [2.05, 4.69) is 15.5 Å². The van der Waals surface area contributed by atoms with Crippen LogP contribution in [0.3, 0.4) is 0 Å². The predicted octanol–water partition coefficient (Wildman–Crippen LogP) is 3.83. The van der Waals surface area contributed by atoms with Crippen molar-refractivity contribution in [3.8, 4) is 0 Å². The first-order valence-electron chi connectivity index (χ1n) is 10.3. The highest BCUT2D eigenvalue weighted by Gasteiger charge is 2.20. The number of hydrogen-bond acceptors (Lipinski definition) is 4. The third-order valence-corrected chi connectivity index (χ3v) is 5.11. The molecule has 6 nitrogen and oxygen atoms in total. The second-order valence-corrected chi connectivity index (χ2v) is 7.34. The van der Waals surface area contributed by atoms with Crippen LogP contribution >= 0.6 is 0 Å². The van der Waals surface area contributed by atoms with Crippen LogP contribution in [0.4, 0.5) is 15.8 Å². The number of piperidine rings is 1. The quantitative estimate of drug-likeness (QED) is 0.645. The van der Waals surface area contributed by atoms with Crippen LogP contribution < -0.4 is 15.5 Å². The summed E-state index contributed by atoms with van der Waals surface area (Å²) in [6.45, 7) is 2.90. The van der Waals surface area contributed by atoms with E-state index in [1.54, 1.807) is 19.2 Å². The van der Waals surface area contributed by atoms with Gasteiger partial charge < -0.3 is 20.3 Å². The van der Waals surface area contributed by atoms with Crippen molar-refractivity contribution in [2.45, 2.75) is 25.7 Å². The Morgan fingerprint density at radius 2 is 1.77 bits per heavy atom. The number of ether oxygens (including phenoxy) is 1. The molecule has 0 saturated carbocycles. The van der Waals surface area contributed by atoms with Crippen LogP contribution in [0.2, 0.25) is 0 Å². The van der Waals surface area contributed by atoms with Crippen LogP contribution in [0.15, 0.2) is 42.5 Å². The summed E-state index contributed by atoms with van der Waals surface area (Å²) in [5.74, 6) is -0.929. The van der Waals surface area contributed by atoms with E-state index in [0.717, 1.165) is 38.0 Å². The SMILES string of the molecule is COCCCNC(=O)c1cc(NC(=O)c2ccc(F)cc2)ccc1N1CCCCC1. The Morgan fingerprint density at radius 3 is 2.47 bits per heavy atom. The van der Waals surface area contributed by atoms with Crippen LogP contribution in [0.5, 0.6) is 0 Å². The fourth-order valence-corrected chi connectivity index (χ4v) is 3.52. The highest BCUT2D eigenvalue weighted by molar-refractivity contribution is 6.06. The van der Waals surface area contributed by atoms with Crippen molar-refractivity contribution >= 4 is 23.2 Å². The van der Waals surface area contributed by atoms with Crippen molar-refractivity contribution in [1.82, 2.24) is 5.32 Å². The molecular formula is C23H28FN3O3. The maximum Gasteiger partial charge on any atom is 0.255 e. The second-order valence-electron chi connectivity index (χ2n) is 7.34. The third-order valence-electron chi connectivity index (χ3n) is 5.11. The number of nitrogens with one attached hydrogen (secondary N) is 2. The summed E-state index contributed by atoms with van der Waals surface area (Å²) in [4.78, 5) is 27.6. The maximum absolute atomic E-state index is 13.1. The van der Waals surface area contributed by atoms with Crippen LogP contribution in [0.1, 0.15) is 46.4 Å². The van der Waals surface area contributed by atoms with Crippen LogP contribution in [0.25, 0.3) is 0 Å². The van der Waals surface area contributed by atoms with Crippen molar-refractivity contribution in [3.63, 3.8) is 0 Å². The average Bonchev–Trinajstić information content (AvgIpc) is 2.77. The van der Waals surface area contributed by atoms with Gasteiger partial charge >= 0.3 is 0 Å². The number of nitrogens with zero attached hydrogens (tertiary/aromatic N) is 1. The minimum atomic E-state index is -0.398. The summed E-state index contributed by atoms with van der Waals surface area (Å²) in [5.41, 5.74) is 2.28. The number of hydrogen-bond donors (Lipinski definition) is 2. The first-order valence-corrected chi connectivity index (χ1v) is 10.3. The Kier molecular flexibility index (Phi) is 7.79. The monoisotopic (exact) mass is 413 g/mol. The first kappa shape index (κ1) is 21.8. The van der Waals surface area contributed by atoms with E-state index in [9.17, 15) is 14.0 Å². The van der Waals surface area contributed by atoms with Gasteiger partial charge in [-0.3, -0.25) is 9.59 Å². The highest BCUT2D eigenvalue weighted by atomic mass is 19.1. The molecule has 0 unspecified atom stereocenters. The first-order chi connectivity index (χ1) is 14.6. The van der Waals surface area contributed by atoms with E-state index in [1.807, 2.05) is 6.07 Å². The summed E-state index contributed by atoms with van der Waals surface area (Å²) in [6.07, 6.45) is 4.11. The van der Waals surface area contributed by atoms with Crippen LogP contribution in [0, 0.1) is 5.82 Å². The van der Waals surface area contributed by atoms with Gasteiger partial charge in [-0.05, 0) is 68.1 Å². The topological polar surface area (TPSA) is 70.7 Å². The van der Waals surface area contributed by atoms with E-state index in [4.69, 9.17) is 4.74 Å². The van der Waals surface area contributed by atoms with Gasteiger partial charge in [0.05, 0.1) is 5.56 Å². The lowest BCUT2D eigenvalue weighted by molar-refractivity contribution is 0.0947. The molecule has 0 spiro atoms. The number of carbonyl (C=O) groups excluding carboxylic acids is 2. The fraction of sp³-hybridized carbons (Fsp3) is 0.391. The molecule has 0 aliphatic carbocycles. The molecule has 2 aromatic carbocycles. The van der Waals surface area contributed by atoms with Crippen LogP contribution in [-0.2, 0) is 4.74 Å². The number of methoxy groups -OCH3 is 1. The minimum Gasteiger partial charge on any atom is -0.385 e. The second kappa shape index (κ2) is 10.7. The molecule has 3 rings (SSSR count). The van der Waals surface area contributed by atoms with Gasteiger partial charge in [0.1, 0.15) is 5.82 Å². The van der Waals surface area contributed by atoms with Gasteiger partial charge in [-0.15, -0.1) is 0 Å². The molecule has 2 amide bonds. The van der Waals surface area contributed by atoms with Gasteiger partial charge in [0, 0.05) is 50.3 Å². The normalized spacial score (nSPS) is 13.7. The Balaban J connectivity index is 1.79. The van der Waals surface area contributed by atoms with Crippen LogP contribution in [-0.4, -0.2) is 45.2 Å². The van der Waals surface area contributed by atoms with E-state index < -0.39 is 5.82 Å². The number of benzene rings is 2.